The fourth-order valence-electron chi connectivity index (χ4n) is 2.03. The molecule has 0 aromatic heterocycles. The van der Waals surface area contributed by atoms with Crippen LogP contribution >= 0.6 is 0 Å². The molecule has 25 heavy (non-hydrogen) atoms. The third-order valence-corrected chi connectivity index (χ3v) is 3.27. The molecule has 2 amide bonds. The Balaban J connectivity index is 1.78. The lowest BCUT2D eigenvalue weighted by Gasteiger charge is -2.08. The summed E-state index contributed by atoms with van der Waals surface area (Å²) in [5, 5.41) is 4.60. The number of benzene rings is 2. The van der Waals surface area contributed by atoms with Crippen molar-refractivity contribution in [3.63, 3.8) is 0 Å². The summed E-state index contributed by atoms with van der Waals surface area (Å²) in [4.78, 5) is 23.4. The van der Waals surface area contributed by atoms with E-state index >= 15 is 0 Å². The molecule has 0 aliphatic rings. The molecule has 8 heteroatoms. The molecular formula is C17H14F4N2O2. The van der Waals surface area contributed by atoms with Crippen LogP contribution in [-0.2, 0) is 4.79 Å². The Morgan fingerprint density at radius 2 is 1.72 bits per heavy atom. The van der Waals surface area contributed by atoms with Crippen LogP contribution in [0.4, 0.5) is 23.2 Å². The summed E-state index contributed by atoms with van der Waals surface area (Å²) in [6, 6.07) is 5.96. The second kappa shape index (κ2) is 8.27. The number of nitrogens with one attached hydrogen (secondary N) is 2. The SMILES string of the molecule is O=C(CCCNC(=O)c1ccc(F)cc1F)Nc1cccc(F)c1F. The predicted octanol–water partition coefficient (Wildman–Crippen LogP) is 3.39. The highest BCUT2D eigenvalue weighted by atomic mass is 19.2. The molecule has 132 valence electrons. The molecule has 2 aromatic rings. The van der Waals surface area contributed by atoms with Crippen molar-refractivity contribution in [3.05, 3.63) is 65.2 Å². The van der Waals surface area contributed by atoms with E-state index in [9.17, 15) is 27.2 Å². The molecule has 0 aliphatic heterocycles. The summed E-state index contributed by atoms with van der Waals surface area (Å²) < 4.78 is 52.6. The van der Waals surface area contributed by atoms with Gasteiger partial charge in [0.15, 0.2) is 11.6 Å². The predicted molar refractivity (Wildman–Crippen MR) is 82.9 cm³/mol. The van der Waals surface area contributed by atoms with Gasteiger partial charge in [0.25, 0.3) is 5.91 Å². The number of halogens is 4. The first-order chi connectivity index (χ1) is 11.9. The molecule has 0 heterocycles. The first-order valence-electron chi connectivity index (χ1n) is 7.35. The Morgan fingerprint density at radius 1 is 0.960 bits per heavy atom. The van der Waals surface area contributed by atoms with E-state index in [0.29, 0.717) is 6.07 Å². The van der Waals surface area contributed by atoms with E-state index in [1.165, 1.54) is 12.1 Å². The third-order valence-electron chi connectivity index (χ3n) is 3.27. The molecule has 0 bridgehead atoms. The smallest absolute Gasteiger partial charge is 0.254 e. The minimum absolute atomic E-state index is 0.0503. The molecular weight excluding hydrogens is 340 g/mol. The third kappa shape index (κ3) is 5.03. The van der Waals surface area contributed by atoms with Crippen LogP contribution in [0.15, 0.2) is 36.4 Å². The molecule has 4 nitrogen and oxygen atoms in total. The zero-order valence-corrected chi connectivity index (χ0v) is 12.9. The number of carbonyl (C=O) groups excluding carboxylic acids is 2. The first kappa shape index (κ1) is 18.4. The van der Waals surface area contributed by atoms with Crippen LogP contribution in [0, 0.1) is 23.3 Å². The van der Waals surface area contributed by atoms with Crippen molar-refractivity contribution >= 4 is 17.5 Å². The van der Waals surface area contributed by atoms with Crippen molar-refractivity contribution in [2.45, 2.75) is 12.8 Å². The first-order valence-corrected chi connectivity index (χ1v) is 7.35. The van der Waals surface area contributed by atoms with Gasteiger partial charge in [-0.15, -0.1) is 0 Å². The molecule has 2 aromatic carbocycles. The van der Waals surface area contributed by atoms with Crippen molar-refractivity contribution in [2.24, 2.45) is 0 Å². The monoisotopic (exact) mass is 354 g/mol. The van der Waals surface area contributed by atoms with Crippen LogP contribution in [0.1, 0.15) is 23.2 Å². The lowest BCUT2D eigenvalue weighted by Crippen LogP contribution is -2.26. The van der Waals surface area contributed by atoms with Gasteiger partial charge in [0, 0.05) is 19.0 Å². The van der Waals surface area contributed by atoms with E-state index in [1.807, 2.05) is 0 Å². The standard InChI is InChI=1S/C17H14F4N2O2/c18-10-6-7-11(13(20)9-10)17(25)22-8-2-5-15(24)23-14-4-1-3-12(19)16(14)21/h1,3-4,6-7,9H,2,5,8H2,(H,22,25)(H,23,24). The average Bonchev–Trinajstić information content (AvgIpc) is 2.55. The van der Waals surface area contributed by atoms with Gasteiger partial charge >= 0.3 is 0 Å². The Labute approximate surface area is 140 Å². The van der Waals surface area contributed by atoms with Gasteiger partial charge in [0.1, 0.15) is 11.6 Å². The van der Waals surface area contributed by atoms with E-state index in [-0.39, 0.29) is 30.6 Å². The molecule has 0 atom stereocenters. The second-order valence-electron chi connectivity index (χ2n) is 5.13. The molecule has 0 fully saturated rings. The lowest BCUT2D eigenvalue weighted by molar-refractivity contribution is -0.116. The highest BCUT2D eigenvalue weighted by Crippen LogP contribution is 2.16. The van der Waals surface area contributed by atoms with Crippen LogP contribution in [0.5, 0.6) is 0 Å². The van der Waals surface area contributed by atoms with Crippen molar-refractivity contribution in [1.82, 2.24) is 5.32 Å². The van der Waals surface area contributed by atoms with Crippen molar-refractivity contribution in [2.75, 3.05) is 11.9 Å². The number of carbonyl (C=O) groups is 2. The van der Waals surface area contributed by atoms with E-state index in [2.05, 4.69) is 10.6 Å². The molecule has 0 saturated carbocycles. The largest absolute Gasteiger partial charge is 0.352 e. The maximum Gasteiger partial charge on any atom is 0.254 e. The van der Waals surface area contributed by atoms with Gasteiger partial charge in [0.2, 0.25) is 5.91 Å². The molecule has 0 radical (unpaired) electrons. The van der Waals surface area contributed by atoms with Crippen LogP contribution in [0.25, 0.3) is 0 Å². The summed E-state index contributed by atoms with van der Waals surface area (Å²) in [6.45, 7) is 0.0503. The zero-order valence-electron chi connectivity index (χ0n) is 12.9. The van der Waals surface area contributed by atoms with Gasteiger partial charge in [-0.1, -0.05) is 6.07 Å². The average molecular weight is 354 g/mol. The van der Waals surface area contributed by atoms with Gasteiger partial charge in [-0.05, 0) is 30.7 Å². The van der Waals surface area contributed by atoms with E-state index < -0.39 is 35.1 Å². The van der Waals surface area contributed by atoms with Crippen LogP contribution in [0.3, 0.4) is 0 Å². The minimum atomic E-state index is -1.16. The van der Waals surface area contributed by atoms with Gasteiger partial charge in [-0.2, -0.15) is 0 Å². The summed E-state index contributed by atoms with van der Waals surface area (Å²) in [5.41, 5.74) is -0.588. The van der Waals surface area contributed by atoms with Crippen LogP contribution in [0.2, 0.25) is 0 Å². The topological polar surface area (TPSA) is 58.2 Å². The summed E-state index contributed by atoms with van der Waals surface area (Å²) in [6.07, 6.45) is 0.124. The van der Waals surface area contributed by atoms with Gasteiger partial charge in [0.05, 0.1) is 11.3 Å². The summed E-state index contributed by atoms with van der Waals surface area (Å²) >= 11 is 0. The maximum atomic E-state index is 13.4. The van der Waals surface area contributed by atoms with Crippen molar-refractivity contribution < 1.29 is 27.2 Å². The quantitative estimate of drug-likeness (QED) is 0.617. The number of hydrogen-bond donors (Lipinski definition) is 2. The summed E-state index contributed by atoms with van der Waals surface area (Å²) in [5.74, 6) is -5.32. The highest BCUT2D eigenvalue weighted by Gasteiger charge is 2.13. The minimum Gasteiger partial charge on any atom is -0.352 e. The van der Waals surface area contributed by atoms with Gasteiger partial charge < -0.3 is 10.6 Å². The van der Waals surface area contributed by atoms with E-state index in [4.69, 9.17) is 0 Å². The van der Waals surface area contributed by atoms with E-state index in [1.54, 1.807) is 0 Å². The lowest BCUT2D eigenvalue weighted by atomic mass is 10.2. The molecule has 2 N–H and O–H groups in total. The Morgan fingerprint density at radius 3 is 2.44 bits per heavy atom. The Hall–Kier alpha value is -2.90. The molecule has 0 saturated heterocycles. The maximum absolute atomic E-state index is 13.4. The Kier molecular flexibility index (Phi) is 6.10. The van der Waals surface area contributed by atoms with Gasteiger partial charge in [-0.3, -0.25) is 9.59 Å². The van der Waals surface area contributed by atoms with Crippen molar-refractivity contribution in [1.29, 1.82) is 0 Å². The summed E-state index contributed by atoms with van der Waals surface area (Å²) in [7, 11) is 0. The fraction of sp³-hybridized carbons (Fsp3) is 0.176. The molecule has 0 unspecified atom stereocenters. The molecule has 0 spiro atoms. The van der Waals surface area contributed by atoms with E-state index in [0.717, 1.165) is 18.2 Å². The molecule has 0 aliphatic carbocycles. The molecule has 2 rings (SSSR count). The number of hydrogen-bond acceptors (Lipinski definition) is 2. The number of anilines is 1. The number of amides is 2. The second-order valence-corrected chi connectivity index (χ2v) is 5.13. The van der Waals surface area contributed by atoms with Gasteiger partial charge in [-0.25, -0.2) is 17.6 Å². The fourth-order valence-corrected chi connectivity index (χ4v) is 2.03. The van der Waals surface area contributed by atoms with Crippen LogP contribution in [-0.4, -0.2) is 18.4 Å². The van der Waals surface area contributed by atoms with Crippen LogP contribution < -0.4 is 10.6 Å². The normalized spacial score (nSPS) is 10.4. The van der Waals surface area contributed by atoms with Crippen molar-refractivity contribution in [3.8, 4) is 0 Å². The highest BCUT2D eigenvalue weighted by molar-refractivity contribution is 5.94. The Bertz CT molecular complexity index is 796. The zero-order chi connectivity index (χ0) is 18.4. The number of rotatable bonds is 6.